The van der Waals surface area contributed by atoms with Gasteiger partial charge in [0.05, 0.1) is 11.6 Å². The fourth-order valence-electron chi connectivity index (χ4n) is 3.20. The first kappa shape index (κ1) is 16.7. The lowest BCUT2D eigenvalue weighted by atomic mass is 9.96. The summed E-state index contributed by atoms with van der Waals surface area (Å²) in [5, 5.41) is 0. The average Bonchev–Trinajstić information content (AvgIpc) is 3.03. The number of likely N-dealkylation sites (tertiary alicyclic amines) is 1. The Kier molecular flexibility index (Phi) is 5.00. The third-order valence-electron chi connectivity index (χ3n) is 4.53. The van der Waals surface area contributed by atoms with Crippen molar-refractivity contribution >= 4 is 5.91 Å². The van der Waals surface area contributed by atoms with Gasteiger partial charge < -0.3 is 9.32 Å². The molecule has 1 aliphatic heterocycles. The molecular formula is C19H25N3O2. The second-order valence-corrected chi connectivity index (χ2v) is 6.82. The molecule has 1 aliphatic rings. The quantitative estimate of drug-likeness (QED) is 0.866. The van der Waals surface area contributed by atoms with Gasteiger partial charge in [-0.25, -0.2) is 4.98 Å². The Morgan fingerprint density at radius 1 is 1.33 bits per heavy atom. The number of rotatable bonds is 4. The van der Waals surface area contributed by atoms with Crippen LogP contribution in [0.3, 0.4) is 0 Å². The first-order valence-electron chi connectivity index (χ1n) is 8.48. The van der Waals surface area contributed by atoms with Crippen LogP contribution in [0, 0.1) is 12.8 Å². The molecule has 1 aromatic heterocycles. The summed E-state index contributed by atoms with van der Waals surface area (Å²) in [5.74, 6) is 0.973. The predicted molar refractivity (Wildman–Crippen MR) is 93.4 cm³/mol. The SMILES string of the molecule is Cc1ccc(-c2nc(CN3CCC[C@H](C(=O)N(C)C)C3)co2)cc1. The van der Waals surface area contributed by atoms with Crippen LogP contribution in [0.2, 0.25) is 0 Å². The monoisotopic (exact) mass is 327 g/mol. The van der Waals surface area contributed by atoms with E-state index in [4.69, 9.17) is 4.42 Å². The summed E-state index contributed by atoms with van der Waals surface area (Å²) in [4.78, 5) is 20.8. The second kappa shape index (κ2) is 7.18. The van der Waals surface area contributed by atoms with E-state index in [-0.39, 0.29) is 11.8 Å². The lowest BCUT2D eigenvalue weighted by Gasteiger charge is -2.32. The number of carbonyl (C=O) groups excluding carboxylic acids is 1. The van der Waals surface area contributed by atoms with E-state index in [1.807, 2.05) is 26.2 Å². The van der Waals surface area contributed by atoms with Gasteiger partial charge in [-0.2, -0.15) is 0 Å². The molecule has 0 bridgehead atoms. The van der Waals surface area contributed by atoms with E-state index in [2.05, 4.69) is 28.9 Å². The number of carbonyl (C=O) groups is 1. The van der Waals surface area contributed by atoms with E-state index in [0.29, 0.717) is 5.89 Å². The van der Waals surface area contributed by atoms with Gasteiger partial charge in [0, 0.05) is 32.7 Å². The van der Waals surface area contributed by atoms with E-state index < -0.39 is 0 Å². The number of hydrogen-bond acceptors (Lipinski definition) is 4. The minimum absolute atomic E-state index is 0.0946. The maximum absolute atomic E-state index is 12.2. The van der Waals surface area contributed by atoms with Crippen molar-refractivity contribution in [1.82, 2.24) is 14.8 Å². The van der Waals surface area contributed by atoms with Gasteiger partial charge in [-0.05, 0) is 38.4 Å². The summed E-state index contributed by atoms with van der Waals surface area (Å²) in [6, 6.07) is 8.16. The van der Waals surface area contributed by atoms with Gasteiger partial charge in [0.15, 0.2) is 0 Å². The van der Waals surface area contributed by atoms with Gasteiger partial charge in [0.2, 0.25) is 11.8 Å². The number of amides is 1. The summed E-state index contributed by atoms with van der Waals surface area (Å²) >= 11 is 0. The van der Waals surface area contributed by atoms with Crippen LogP contribution in [0.15, 0.2) is 34.9 Å². The standard InChI is InChI=1S/C19H25N3O2/c1-14-6-8-15(9-7-14)18-20-17(13-24-18)12-22-10-4-5-16(11-22)19(23)21(2)3/h6-9,13,16H,4-5,10-12H2,1-3H3/t16-/m0/s1. The third kappa shape index (κ3) is 3.85. The first-order valence-corrected chi connectivity index (χ1v) is 8.48. The Morgan fingerprint density at radius 3 is 2.79 bits per heavy atom. The van der Waals surface area contributed by atoms with Gasteiger partial charge in [0.25, 0.3) is 0 Å². The lowest BCUT2D eigenvalue weighted by Crippen LogP contribution is -2.42. The number of piperidine rings is 1. The van der Waals surface area contributed by atoms with Crippen molar-refractivity contribution in [2.45, 2.75) is 26.3 Å². The molecule has 24 heavy (non-hydrogen) atoms. The van der Waals surface area contributed by atoms with E-state index in [9.17, 15) is 4.79 Å². The summed E-state index contributed by atoms with van der Waals surface area (Å²) in [6.07, 6.45) is 3.75. The zero-order valence-electron chi connectivity index (χ0n) is 14.7. The average molecular weight is 327 g/mol. The molecule has 0 N–H and O–H groups in total. The van der Waals surface area contributed by atoms with E-state index in [1.165, 1.54) is 5.56 Å². The van der Waals surface area contributed by atoms with Crippen LogP contribution in [-0.2, 0) is 11.3 Å². The van der Waals surface area contributed by atoms with Crippen molar-refractivity contribution in [2.24, 2.45) is 5.92 Å². The molecule has 5 heteroatoms. The molecule has 0 unspecified atom stereocenters. The normalized spacial score (nSPS) is 18.5. The number of hydrogen-bond donors (Lipinski definition) is 0. The predicted octanol–water partition coefficient (Wildman–Crippen LogP) is 2.95. The molecule has 2 aromatic rings. The molecule has 1 atom stereocenters. The van der Waals surface area contributed by atoms with Gasteiger partial charge >= 0.3 is 0 Å². The molecule has 1 aromatic carbocycles. The molecular weight excluding hydrogens is 302 g/mol. The summed E-state index contributed by atoms with van der Waals surface area (Å²) in [7, 11) is 3.65. The molecule has 0 aliphatic carbocycles. The van der Waals surface area contributed by atoms with Crippen molar-refractivity contribution < 1.29 is 9.21 Å². The Hall–Kier alpha value is -2.14. The molecule has 0 radical (unpaired) electrons. The molecule has 0 spiro atoms. The Balaban J connectivity index is 1.64. The smallest absolute Gasteiger partial charge is 0.226 e. The van der Waals surface area contributed by atoms with Crippen LogP contribution < -0.4 is 0 Å². The maximum Gasteiger partial charge on any atom is 0.226 e. The minimum atomic E-state index is 0.0946. The van der Waals surface area contributed by atoms with Crippen LogP contribution in [0.25, 0.3) is 11.5 Å². The lowest BCUT2D eigenvalue weighted by molar-refractivity contribution is -0.134. The zero-order chi connectivity index (χ0) is 17.1. The number of oxazole rings is 1. The number of aryl methyl sites for hydroxylation is 1. The van der Waals surface area contributed by atoms with Gasteiger partial charge in [0.1, 0.15) is 6.26 Å². The molecule has 1 saturated heterocycles. The van der Waals surface area contributed by atoms with Crippen LogP contribution in [0.4, 0.5) is 0 Å². The topological polar surface area (TPSA) is 49.6 Å². The van der Waals surface area contributed by atoms with Crippen LogP contribution >= 0.6 is 0 Å². The van der Waals surface area contributed by atoms with Crippen molar-refractivity contribution in [3.8, 4) is 11.5 Å². The van der Waals surface area contributed by atoms with E-state index in [0.717, 1.165) is 43.7 Å². The molecule has 2 heterocycles. The molecule has 0 saturated carbocycles. The zero-order valence-corrected chi connectivity index (χ0v) is 14.7. The van der Waals surface area contributed by atoms with Crippen LogP contribution in [-0.4, -0.2) is 47.9 Å². The minimum Gasteiger partial charge on any atom is -0.444 e. The molecule has 1 fully saturated rings. The van der Waals surface area contributed by atoms with Gasteiger partial charge in [-0.15, -0.1) is 0 Å². The highest BCUT2D eigenvalue weighted by atomic mass is 16.3. The summed E-state index contributed by atoms with van der Waals surface area (Å²) < 4.78 is 5.63. The molecule has 1 amide bonds. The summed E-state index contributed by atoms with van der Waals surface area (Å²) in [6.45, 7) is 4.59. The van der Waals surface area contributed by atoms with E-state index in [1.54, 1.807) is 11.2 Å². The maximum atomic E-state index is 12.2. The molecule has 5 nitrogen and oxygen atoms in total. The highest BCUT2D eigenvalue weighted by Crippen LogP contribution is 2.22. The Morgan fingerprint density at radius 2 is 2.08 bits per heavy atom. The Bertz CT molecular complexity index is 691. The summed E-state index contributed by atoms with van der Waals surface area (Å²) in [5.41, 5.74) is 3.13. The molecule has 3 rings (SSSR count). The molecule has 128 valence electrons. The highest BCUT2D eigenvalue weighted by Gasteiger charge is 2.27. The number of aromatic nitrogens is 1. The van der Waals surface area contributed by atoms with Crippen molar-refractivity contribution in [3.63, 3.8) is 0 Å². The fourth-order valence-corrected chi connectivity index (χ4v) is 3.20. The largest absolute Gasteiger partial charge is 0.444 e. The first-order chi connectivity index (χ1) is 11.5. The number of nitrogens with zero attached hydrogens (tertiary/aromatic N) is 3. The van der Waals surface area contributed by atoms with Gasteiger partial charge in [-0.3, -0.25) is 9.69 Å². The van der Waals surface area contributed by atoms with Crippen molar-refractivity contribution in [1.29, 1.82) is 0 Å². The van der Waals surface area contributed by atoms with E-state index >= 15 is 0 Å². The van der Waals surface area contributed by atoms with Crippen molar-refractivity contribution in [3.05, 3.63) is 41.8 Å². The van der Waals surface area contributed by atoms with Crippen molar-refractivity contribution in [2.75, 3.05) is 27.2 Å². The second-order valence-electron chi connectivity index (χ2n) is 6.82. The van der Waals surface area contributed by atoms with Crippen LogP contribution in [0.1, 0.15) is 24.1 Å². The van der Waals surface area contributed by atoms with Gasteiger partial charge in [-0.1, -0.05) is 17.7 Å². The van der Waals surface area contributed by atoms with Crippen LogP contribution in [0.5, 0.6) is 0 Å². The highest BCUT2D eigenvalue weighted by molar-refractivity contribution is 5.78. The number of benzene rings is 1. The Labute approximate surface area is 143 Å². The fraction of sp³-hybridized carbons (Fsp3) is 0.474. The third-order valence-corrected chi connectivity index (χ3v) is 4.53.